The molecule has 0 aromatic heterocycles. The average molecular weight is 402 g/mol. The number of hydrogen-bond acceptors (Lipinski definition) is 4. The molecule has 2 aliphatic heterocycles. The summed E-state index contributed by atoms with van der Waals surface area (Å²) in [5, 5.41) is 4.96. The summed E-state index contributed by atoms with van der Waals surface area (Å²) >= 11 is 1.44. The number of urea groups is 1. The van der Waals surface area contributed by atoms with Crippen LogP contribution in [0.15, 0.2) is 29.2 Å². The molecule has 7 heteroatoms. The Kier molecular flexibility index (Phi) is 5.36. The molecule has 4 amide bonds. The van der Waals surface area contributed by atoms with Crippen LogP contribution in [-0.4, -0.2) is 47.1 Å². The third kappa shape index (κ3) is 3.77. The molecule has 4 rings (SSSR count). The monoisotopic (exact) mass is 401 g/mol. The number of likely N-dealkylation sites (tertiary alicyclic amines) is 1. The van der Waals surface area contributed by atoms with Crippen molar-refractivity contribution in [2.75, 3.05) is 18.8 Å². The van der Waals surface area contributed by atoms with Gasteiger partial charge in [-0.3, -0.25) is 14.9 Å². The number of benzene rings is 1. The lowest BCUT2D eigenvalue weighted by atomic mass is 9.75. The quantitative estimate of drug-likeness (QED) is 0.600. The third-order valence-corrected chi connectivity index (χ3v) is 7.72. The summed E-state index contributed by atoms with van der Waals surface area (Å²) in [6.07, 6.45) is 6.26. The van der Waals surface area contributed by atoms with Gasteiger partial charge >= 0.3 is 6.03 Å². The smallest absolute Gasteiger partial charge is 0.322 e. The fourth-order valence-corrected chi connectivity index (χ4v) is 5.76. The van der Waals surface area contributed by atoms with Gasteiger partial charge in [-0.15, -0.1) is 11.8 Å². The summed E-state index contributed by atoms with van der Waals surface area (Å²) in [5.74, 6) is 1.55. The Labute approximate surface area is 169 Å². The number of fused-ring (bicyclic) bond motifs is 1. The van der Waals surface area contributed by atoms with Gasteiger partial charge in [-0.1, -0.05) is 31.4 Å². The van der Waals surface area contributed by atoms with Gasteiger partial charge in [0.05, 0.1) is 5.56 Å². The number of piperidine rings is 1. The van der Waals surface area contributed by atoms with Crippen molar-refractivity contribution in [2.45, 2.75) is 49.5 Å². The van der Waals surface area contributed by atoms with Gasteiger partial charge in [-0.25, -0.2) is 4.79 Å². The fraction of sp³-hybridized carbons (Fsp3) is 0.571. The average Bonchev–Trinajstić information content (AvgIpc) is 2.97. The number of thioether (sulfide) groups is 1. The van der Waals surface area contributed by atoms with E-state index in [1.54, 1.807) is 6.92 Å². The molecule has 1 aliphatic carbocycles. The first-order valence-electron chi connectivity index (χ1n) is 10.1. The van der Waals surface area contributed by atoms with Crippen LogP contribution >= 0.6 is 11.8 Å². The van der Waals surface area contributed by atoms with E-state index in [0.29, 0.717) is 17.2 Å². The number of carbonyl (C=O) groups excluding carboxylic acids is 3. The van der Waals surface area contributed by atoms with Crippen molar-refractivity contribution in [1.29, 1.82) is 0 Å². The Balaban J connectivity index is 1.46. The number of nitrogens with zero attached hydrogens (tertiary/aromatic N) is 1. The van der Waals surface area contributed by atoms with Crippen molar-refractivity contribution in [2.24, 2.45) is 11.8 Å². The van der Waals surface area contributed by atoms with Crippen molar-refractivity contribution in [3.63, 3.8) is 0 Å². The molecule has 3 fully saturated rings. The van der Waals surface area contributed by atoms with Crippen LogP contribution in [0.2, 0.25) is 0 Å². The molecule has 0 bridgehead atoms. The highest BCUT2D eigenvalue weighted by Crippen LogP contribution is 2.37. The number of carbonyl (C=O) groups is 3. The van der Waals surface area contributed by atoms with Crippen molar-refractivity contribution in [3.05, 3.63) is 29.8 Å². The maximum Gasteiger partial charge on any atom is 0.322 e. The molecule has 28 heavy (non-hydrogen) atoms. The molecule has 6 nitrogen and oxygen atoms in total. The van der Waals surface area contributed by atoms with Gasteiger partial charge in [-0.2, -0.15) is 0 Å². The minimum atomic E-state index is -0.960. The summed E-state index contributed by atoms with van der Waals surface area (Å²) in [4.78, 5) is 39.6. The summed E-state index contributed by atoms with van der Waals surface area (Å²) in [6.45, 7) is 3.40. The highest BCUT2D eigenvalue weighted by molar-refractivity contribution is 7.99. The van der Waals surface area contributed by atoms with Crippen molar-refractivity contribution in [3.8, 4) is 0 Å². The molecule has 1 aromatic rings. The summed E-state index contributed by atoms with van der Waals surface area (Å²) < 4.78 is 0. The normalized spacial score (nSPS) is 29.8. The van der Waals surface area contributed by atoms with Gasteiger partial charge in [0.25, 0.3) is 11.8 Å². The van der Waals surface area contributed by atoms with Gasteiger partial charge in [0.15, 0.2) is 0 Å². The van der Waals surface area contributed by atoms with Crippen LogP contribution in [0.1, 0.15) is 49.4 Å². The van der Waals surface area contributed by atoms with E-state index in [1.807, 2.05) is 29.2 Å². The first-order chi connectivity index (χ1) is 13.5. The van der Waals surface area contributed by atoms with E-state index in [2.05, 4.69) is 10.6 Å². The molecule has 2 N–H and O–H groups in total. The highest BCUT2D eigenvalue weighted by Gasteiger charge is 2.42. The Morgan fingerprint density at radius 3 is 2.68 bits per heavy atom. The van der Waals surface area contributed by atoms with Crippen LogP contribution in [0, 0.1) is 11.8 Å². The molecule has 3 unspecified atom stereocenters. The summed E-state index contributed by atoms with van der Waals surface area (Å²) in [6, 6.07) is 7.11. The SMILES string of the molecule is CC1(CSc2ccccc2C(=O)N2CCC3CCCCC3C2)NC(=O)NC1=O. The molecule has 1 saturated carbocycles. The van der Waals surface area contributed by atoms with E-state index in [1.165, 1.54) is 37.4 Å². The maximum absolute atomic E-state index is 13.3. The fourth-order valence-electron chi connectivity index (χ4n) is 4.63. The predicted octanol–water partition coefficient (Wildman–Crippen LogP) is 3.03. The topological polar surface area (TPSA) is 78.5 Å². The first kappa shape index (κ1) is 19.3. The van der Waals surface area contributed by atoms with Crippen molar-refractivity contribution in [1.82, 2.24) is 15.5 Å². The Morgan fingerprint density at radius 2 is 1.93 bits per heavy atom. The van der Waals surface area contributed by atoms with E-state index >= 15 is 0 Å². The molecule has 1 aromatic carbocycles. The third-order valence-electron chi connectivity index (χ3n) is 6.33. The minimum absolute atomic E-state index is 0.0807. The van der Waals surface area contributed by atoms with Crippen LogP contribution in [0.4, 0.5) is 4.79 Å². The lowest BCUT2D eigenvalue weighted by Crippen LogP contribution is -2.46. The molecule has 3 atom stereocenters. The van der Waals surface area contributed by atoms with Crippen LogP contribution < -0.4 is 10.6 Å². The zero-order chi connectivity index (χ0) is 19.7. The summed E-state index contributed by atoms with van der Waals surface area (Å²) in [7, 11) is 0. The van der Waals surface area contributed by atoms with E-state index in [9.17, 15) is 14.4 Å². The molecule has 0 spiro atoms. The second-order valence-corrected chi connectivity index (χ2v) is 9.39. The second kappa shape index (κ2) is 7.78. The molecule has 2 heterocycles. The molecule has 0 radical (unpaired) electrons. The number of imide groups is 1. The van der Waals surface area contributed by atoms with Gasteiger partial charge in [-0.05, 0) is 43.7 Å². The molecule has 2 saturated heterocycles. The lowest BCUT2D eigenvalue weighted by Gasteiger charge is -2.41. The van der Waals surface area contributed by atoms with Crippen LogP contribution in [0.25, 0.3) is 0 Å². The van der Waals surface area contributed by atoms with Gasteiger partial charge < -0.3 is 10.2 Å². The van der Waals surface area contributed by atoms with Gasteiger partial charge in [0.1, 0.15) is 5.54 Å². The second-order valence-electron chi connectivity index (χ2n) is 8.37. The predicted molar refractivity (Wildman–Crippen MR) is 108 cm³/mol. The van der Waals surface area contributed by atoms with Gasteiger partial charge in [0, 0.05) is 23.7 Å². The number of nitrogens with one attached hydrogen (secondary N) is 2. The molecule has 3 aliphatic rings. The van der Waals surface area contributed by atoms with E-state index in [0.717, 1.165) is 30.3 Å². The maximum atomic E-state index is 13.3. The van der Waals surface area contributed by atoms with Crippen molar-refractivity contribution >= 4 is 29.6 Å². The zero-order valence-electron chi connectivity index (χ0n) is 16.2. The molecular formula is C21H27N3O3S. The van der Waals surface area contributed by atoms with Crippen molar-refractivity contribution < 1.29 is 14.4 Å². The molecule has 150 valence electrons. The zero-order valence-corrected chi connectivity index (χ0v) is 17.0. The number of rotatable bonds is 4. The summed E-state index contributed by atoms with van der Waals surface area (Å²) in [5.41, 5.74) is -0.270. The Hall–Kier alpha value is -2.02. The first-order valence-corrected chi connectivity index (χ1v) is 11.1. The molecular weight excluding hydrogens is 374 g/mol. The van der Waals surface area contributed by atoms with Crippen LogP contribution in [-0.2, 0) is 4.79 Å². The van der Waals surface area contributed by atoms with E-state index in [4.69, 9.17) is 0 Å². The Morgan fingerprint density at radius 1 is 1.18 bits per heavy atom. The highest BCUT2D eigenvalue weighted by atomic mass is 32.2. The minimum Gasteiger partial charge on any atom is -0.338 e. The van der Waals surface area contributed by atoms with Crippen LogP contribution in [0.5, 0.6) is 0 Å². The standard InChI is InChI=1S/C21H27N3O3S/c1-21(19(26)22-20(27)23-21)13-28-17-9-5-4-8-16(17)18(25)24-11-10-14-6-2-3-7-15(14)12-24/h4-5,8-9,14-15H,2-3,6-7,10-13H2,1H3,(H2,22,23,26,27). The largest absolute Gasteiger partial charge is 0.338 e. The van der Waals surface area contributed by atoms with Gasteiger partial charge in [0.2, 0.25) is 0 Å². The van der Waals surface area contributed by atoms with E-state index in [-0.39, 0.29) is 11.8 Å². The van der Waals surface area contributed by atoms with Crippen LogP contribution in [0.3, 0.4) is 0 Å². The number of amides is 4. The number of hydrogen-bond donors (Lipinski definition) is 2. The Bertz CT molecular complexity index is 799. The van der Waals surface area contributed by atoms with E-state index < -0.39 is 11.6 Å². The lowest BCUT2D eigenvalue weighted by molar-refractivity contribution is -0.122.